The second kappa shape index (κ2) is 66.8. The van der Waals surface area contributed by atoms with E-state index in [9.17, 15) is 14.4 Å². The second-order valence-corrected chi connectivity index (χ2v) is 21.3. The summed E-state index contributed by atoms with van der Waals surface area (Å²) in [4.78, 5) is 38.3. The zero-order valence-electron chi connectivity index (χ0n) is 51.8. The van der Waals surface area contributed by atoms with Crippen molar-refractivity contribution in [3.8, 4) is 0 Å². The van der Waals surface area contributed by atoms with E-state index in [4.69, 9.17) is 14.2 Å². The third-order valence-corrected chi connectivity index (χ3v) is 13.6. The quantitative estimate of drug-likeness (QED) is 0.0261. The van der Waals surface area contributed by atoms with Crippen molar-refractivity contribution < 1.29 is 28.6 Å². The van der Waals surface area contributed by atoms with Gasteiger partial charge < -0.3 is 14.2 Å². The van der Waals surface area contributed by atoms with Gasteiger partial charge in [0.1, 0.15) is 13.2 Å². The molecule has 80 heavy (non-hydrogen) atoms. The molecule has 0 radical (unpaired) electrons. The van der Waals surface area contributed by atoms with Crippen molar-refractivity contribution in [1.29, 1.82) is 0 Å². The molecule has 452 valence electrons. The maximum Gasteiger partial charge on any atom is 0.306 e. The van der Waals surface area contributed by atoms with Crippen LogP contribution in [0.2, 0.25) is 0 Å². The first-order valence-corrected chi connectivity index (χ1v) is 32.8. The van der Waals surface area contributed by atoms with Crippen molar-refractivity contribution in [3.63, 3.8) is 0 Å². The smallest absolute Gasteiger partial charge is 0.306 e. The number of hydrogen-bond donors (Lipinski definition) is 0. The summed E-state index contributed by atoms with van der Waals surface area (Å²) < 4.78 is 16.9. The number of ether oxygens (including phenoxy) is 3. The Morgan fingerprint density at radius 3 is 0.800 bits per heavy atom. The SMILES string of the molecule is CC/C=C\C/C=C\C/C=C\C/C=C\C/C=C\C/C=C\C/C=C\CCCCCCCCCC(=O)OCC(COC(=O)CCCCCCCCCCCCCCCCCC)OC(=O)CCC/C=C\C/C=C\C/C=C\C/C=C\C/C=C\CC. The lowest BCUT2D eigenvalue weighted by molar-refractivity contribution is -0.167. The Morgan fingerprint density at radius 1 is 0.263 bits per heavy atom. The van der Waals surface area contributed by atoms with E-state index in [1.807, 2.05) is 0 Å². The molecule has 0 N–H and O–H groups in total. The molecule has 0 heterocycles. The van der Waals surface area contributed by atoms with Gasteiger partial charge in [-0.1, -0.05) is 295 Å². The van der Waals surface area contributed by atoms with Gasteiger partial charge in [0.2, 0.25) is 0 Å². The summed E-state index contributed by atoms with van der Waals surface area (Å²) in [5.41, 5.74) is 0. The standard InChI is InChI=1S/C74H120O6/c1-4-7-10-13-16-19-22-25-28-31-32-33-34-35-36-37-38-39-40-41-42-44-46-49-52-55-58-61-64-67-73(76)79-70-71(69-78-72(75)66-63-60-57-54-51-48-45-30-27-24-21-18-15-12-9-6-3)80-74(77)68-65-62-59-56-53-50-47-43-29-26-23-20-17-14-11-8-5-2/h7-8,10-11,16-17,19-20,25-26,28-29,32-33,35-36,38-39,41-42,47,50,56,59,71H,4-6,9,12-15,18,21-24,27,30-31,34,37,40,43-46,48-49,51-55,57-58,60-70H2,1-3H3/b10-7-,11-8-,19-16-,20-17-,28-25-,29-26-,33-32-,36-35-,39-38-,42-41-,50-47-,59-56-. The molecule has 0 aliphatic rings. The summed E-state index contributed by atoms with van der Waals surface area (Å²) in [5.74, 6) is -0.974. The highest BCUT2D eigenvalue weighted by Gasteiger charge is 2.19. The molecular weight excluding hydrogens is 985 g/mol. The summed E-state index contributed by atoms with van der Waals surface area (Å²) in [5, 5.41) is 0. The first-order valence-electron chi connectivity index (χ1n) is 32.8. The normalized spacial score (nSPS) is 13.1. The molecule has 0 saturated carbocycles. The molecule has 0 bridgehead atoms. The molecule has 0 fully saturated rings. The molecule has 0 rings (SSSR count). The van der Waals surface area contributed by atoms with Gasteiger partial charge in [0.25, 0.3) is 0 Å². The third kappa shape index (κ3) is 64.1. The molecule has 0 spiro atoms. The first kappa shape index (κ1) is 75.3. The van der Waals surface area contributed by atoms with Crippen molar-refractivity contribution in [2.24, 2.45) is 0 Å². The predicted molar refractivity (Wildman–Crippen MR) is 348 cm³/mol. The van der Waals surface area contributed by atoms with Crippen LogP contribution in [0.1, 0.15) is 284 Å². The number of esters is 3. The Balaban J connectivity index is 4.43. The largest absolute Gasteiger partial charge is 0.462 e. The van der Waals surface area contributed by atoms with Gasteiger partial charge in [-0.2, -0.15) is 0 Å². The van der Waals surface area contributed by atoms with Crippen LogP contribution < -0.4 is 0 Å². The lowest BCUT2D eigenvalue weighted by atomic mass is 10.0. The highest BCUT2D eigenvalue weighted by Crippen LogP contribution is 2.16. The lowest BCUT2D eigenvalue weighted by Gasteiger charge is -2.18. The van der Waals surface area contributed by atoms with Crippen molar-refractivity contribution in [1.82, 2.24) is 0 Å². The van der Waals surface area contributed by atoms with Gasteiger partial charge >= 0.3 is 17.9 Å². The van der Waals surface area contributed by atoms with Crippen molar-refractivity contribution in [3.05, 3.63) is 146 Å². The minimum atomic E-state index is -0.818. The Bertz CT molecular complexity index is 1750. The molecule has 0 aliphatic carbocycles. The van der Waals surface area contributed by atoms with Crippen LogP contribution in [0.15, 0.2) is 146 Å². The first-order chi connectivity index (χ1) is 39.5. The summed E-state index contributed by atoms with van der Waals surface area (Å²) in [6, 6.07) is 0. The van der Waals surface area contributed by atoms with Crippen molar-refractivity contribution in [2.75, 3.05) is 13.2 Å². The molecule has 1 atom stereocenters. The number of unbranched alkanes of at least 4 members (excludes halogenated alkanes) is 23. The second-order valence-electron chi connectivity index (χ2n) is 21.3. The van der Waals surface area contributed by atoms with Crippen LogP contribution in [0.5, 0.6) is 0 Å². The molecule has 6 nitrogen and oxygen atoms in total. The highest BCUT2D eigenvalue weighted by atomic mass is 16.6. The topological polar surface area (TPSA) is 78.9 Å². The van der Waals surface area contributed by atoms with Crippen LogP contribution in [0.4, 0.5) is 0 Å². The Morgan fingerprint density at radius 2 is 0.500 bits per heavy atom. The van der Waals surface area contributed by atoms with Crippen molar-refractivity contribution in [2.45, 2.75) is 290 Å². The van der Waals surface area contributed by atoms with E-state index in [0.717, 1.165) is 128 Å². The minimum absolute atomic E-state index is 0.106. The monoisotopic (exact) mass is 1100 g/mol. The number of hydrogen-bond acceptors (Lipinski definition) is 6. The van der Waals surface area contributed by atoms with Crippen LogP contribution in [-0.4, -0.2) is 37.2 Å². The van der Waals surface area contributed by atoms with E-state index >= 15 is 0 Å². The van der Waals surface area contributed by atoms with Crippen LogP contribution in [-0.2, 0) is 28.6 Å². The Kier molecular flexibility index (Phi) is 62.9. The molecule has 0 amide bonds. The number of carbonyl (C=O) groups is 3. The van der Waals surface area contributed by atoms with Crippen molar-refractivity contribution >= 4 is 17.9 Å². The highest BCUT2D eigenvalue weighted by molar-refractivity contribution is 5.71. The van der Waals surface area contributed by atoms with E-state index < -0.39 is 6.10 Å². The van der Waals surface area contributed by atoms with Crippen LogP contribution in [0.25, 0.3) is 0 Å². The van der Waals surface area contributed by atoms with Crippen LogP contribution >= 0.6 is 0 Å². The molecule has 0 aromatic carbocycles. The maximum absolute atomic E-state index is 12.9. The zero-order chi connectivity index (χ0) is 57.8. The van der Waals surface area contributed by atoms with Gasteiger partial charge in [0.15, 0.2) is 6.10 Å². The molecule has 6 heteroatoms. The Labute approximate surface area is 493 Å². The molecule has 0 saturated heterocycles. The van der Waals surface area contributed by atoms with Crippen LogP contribution in [0, 0.1) is 0 Å². The predicted octanol–water partition coefficient (Wildman–Crippen LogP) is 22.7. The Hall–Kier alpha value is -4.71. The molecule has 0 aliphatic heterocycles. The number of allylic oxidation sites excluding steroid dienone is 24. The fourth-order valence-electron chi connectivity index (χ4n) is 8.75. The average molecular weight is 1110 g/mol. The van der Waals surface area contributed by atoms with Gasteiger partial charge in [-0.3, -0.25) is 14.4 Å². The van der Waals surface area contributed by atoms with Gasteiger partial charge in [-0.15, -0.1) is 0 Å². The van der Waals surface area contributed by atoms with E-state index in [1.165, 1.54) is 109 Å². The van der Waals surface area contributed by atoms with E-state index in [1.54, 1.807) is 0 Å². The average Bonchev–Trinajstić information content (AvgIpc) is 3.46. The molecule has 1 unspecified atom stereocenters. The van der Waals surface area contributed by atoms with Gasteiger partial charge in [0.05, 0.1) is 0 Å². The summed E-state index contributed by atoms with van der Waals surface area (Å²) in [7, 11) is 0. The number of rotatable bonds is 58. The van der Waals surface area contributed by atoms with Gasteiger partial charge in [0, 0.05) is 19.3 Å². The van der Waals surface area contributed by atoms with E-state index in [0.29, 0.717) is 19.3 Å². The van der Waals surface area contributed by atoms with E-state index in [-0.39, 0.29) is 37.5 Å². The number of carbonyl (C=O) groups excluding carboxylic acids is 3. The van der Waals surface area contributed by atoms with Crippen LogP contribution in [0.3, 0.4) is 0 Å². The fourth-order valence-corrected chi connectivity index (χ4v) is 8.75. The third-order valence-electron chi connectivity index (χ3n) is 13.6. The van der Waals surface area contributed by atoms with Gasteiger partial charge in [-0.25, -0.2) is 0 Å². The fraction of sp³-hybridized carbons (Fsp3) is 0.635. The molecule has 0 aromatic heterocycles. The zero-order valence-corrected chi connectivity index (χ0v) is 51.8. The summed E-state index contributed by atoms with van der Waals surface area (Å²) in [6.07, 6.45) is 95.7. The molecular formula is C74H120O6. The lowest BCUT2D eigenvalue weighted by Crippen LogP contribution is -2.30. The molecule has 0 aromatic rings. The minimum Gasteiger partial charge on any atom is -0.462 e. The summed E-state index contributed by atoms with van der Waals surface area (Å²) in [6.45, 7) is 6.37. The maximum atomic E-state index is 12.9. The van der Waals surface area contributed by atoms with E-state index in [2.05, 4.69) is 167 Å². The van der Waals surface area contributed by atoms with Gasteiger partial charge in [-0.05, 0) is 116 Å². The summed E-state index contributed by atoms with van der Waals surface area (Å²) >= 11 is 0.